The summed E-state index contributed by atoms with van der Waals surface area (Å²) in [7, 11) is 0. The van der Waals surface area contributed by atoms with E-state index in [4.69, 9.17) is 5.10 Å². The summed E-state index contributed by atoms with van der Waals surface area (Å²) < 4.78 is 1.92. The second-order valence-corrected chi connectivity index (χ2v) is 7.49. The molecule has 0 amide bonds. The third kappa shape index (κ3) is 3.71. The van der Waals surface area contributed by atoms with E-state index in [2.05, 4.69) is 17.1 Å². The first-order valence-electron chi connectivity index (χ1n) is 8.06. The van der Waals surface area contributed by atoms with Gasteiger partial charge in [-0.2, -0.15) is 5.10 Å². The van der Waals surface area contributed by atoms with E-state index in [-0.39, 0.29) is 5.78 Å². The number of carbonyl (C=O) groups is 1. The zero-order valence-corrected chi connectivity index (χ0v) is 15.4. The minimum Gasteiger partial charge on any atom is -0.288 e. The van der Waals surface area contributed by atoms with Gasteiger partial charge in [0.15, 0.2) is 5.78 Å². The highest BCUT2D eigenvalue weighted by Crippen LogP contribution is 2.28. The van der Waals surface area contributed by atoms with Gasteiger partial charge in [0.25, 0.3) is 0 Å². The van der Waals surface area contributed by atoms with Crippen LogP contribution in [0.5, 0.6) is 0 Å². The van der Waals surface area contributed by atoms with Gasteiger partial charge in [-0.25, -0.2) is 0 Å². The molecule has 6 heteroatoms. The fourth-order valence-electron chi connectivity index (χ4n) is 2.60. The number of hydrogen-bond acceptors (Lipinski definition) is 5. The van der Waals surface area contributed by atoms with Crippen molar-refractivity contribution < 1.29 is 4.79 Å². The number of thiazole rings is 1. The summed E-state index contributed by atoms with van der Waals surface area (Å²) >= 11 is 2.98. The Balaban J connectivity index is 1.65. The first-order valence-corrected chi connectivity index (χ1v) is 9.82. The summed E-state index contributed by atoms with van der Waals surface area (Å²) in [5, 5.41) is 6.77. The van der Waals surface area contributed by atoms with Crippen molar-refractivity contribution in [3.8, 4) is 10.6 Å². The van der Waals surface area contributed by atoms with Gasteiger partial charge < -0.3 is 0 Å². The van der Waals surface area contributed by atoms with Crippen LogP contribution < -0.4 is 0 Å². The number of carbonyl (C=O) groups excluding carboxylic acids is 1. The summed E-state index contributed by atoms with van der Waals surface area (Å²) in [6.07, 6.45) is 7.01. The van der Waals surface area contributed by atoms with E-state index in [0.29, 0.717) is 11.4 Å². The molecule has 0 radical (unpaired) electrons. The van der Waals surface area contributed by atoms with Crippen molar-refractivity contribution in [3.63, 3.8) is 0 Å². The van der Waals surface area contributed by atoms with Crippen LogP contribution in [0.15, 0.2) is 71.8 Å². The Bertz CT molecular complexity index is 1020. The number of hydrogen-bond donors (Lipinski definition) is 0. The number of ketones is 1. The van der Waals surface area contributed by atoms with Crippen LogP contribution in [-0.2, 0) is 6.54 Å². The molecule has 0 atom stereocenters. The molecule has 4 aromatic rings. The molecule has 0 saturated carbocycles. The Labute approximate surface area is 159 Å². The van der Waals surface area contributed by atoms with Gasteiger partial charge in [0, 0.05) is 18.0 Å². The lowest BCUT2D eigenvalue weighted by atomic mass is 10.2. The van der Waals surface area contributed by atoms with E-state index in [0.717, 1.165) is 16.1 Å². The zero-order chi connectivity index (χ0) is 17.8. The number of benzene rings is 1. The quantitative estimate of drug-likeness (QED) is 0.350. The molecule has 0 saturated heterocycles. The third-order valence-corrected chi connectivity index (χ3v) is 5.49. The number of rotatable bonds is 6. The van der Waals surface area contributed by atoms with Crippen molar-refractivity contribution in [2.45, 2.75) is 6.54 Å². The van der Waals surface area contributed by atoms with Gasteiger partial charge in [0.2, 0.25) is 0 Å². The van der Waals surface area contributed by atoms with Crippen LogP contribution >= 0.6 is 22.7 Å². The topological polar surface area (TPSA) is 47.8 Å². The lowest BCUT2D eigenvalue weighted by molar-refractivity contribution is 0.105. The molecule has 0 unspecified atom stereocenters. The molecule has 1 aromatic carbocycles. The predicted octanol–water partition coefficient (Wildman–Crippen LogP) is 5.01. The summed E-state index contributed by atoms with van der Waals surface area (Å²) in [5.74, 6) is -0.0413. The Kier molecular flexibility index (Phi) is 4.86. The van der Waals surface area contributed by atoms with Gasteiger partial charge in [-0.1, -0.05) is 36.4 Å². The minimum atomic E-state index is -0.0413. The Morgan fingerprint density at radius 3 is 2.73 bits per heavy atom. The van der Waals surface area contributed by atoms with Crippen LogP contribution in [0.2, 0.25) is 0 Å². The van der Waals surface area contributed by atoms with Crippen LogP contribution in [-0.4, -0.2) is 20.5 Å². The van der Waals surface area contributed by atoms with Crippen LogP contribution in [0.4, 0.5) is 0 Å². The Morgan fingerprint density at radius 2 is 2.00 bits per heavy atom. The van der Waals surface area contributed by atoms with Crippen LogP contribution in [0.25, 0.3) is 16.6 Å². The SMILES string of the molecule is O=C(C=Cc1cn(Cc2ccccc2)nc1-c1cccs1)c1cncs1. The van der Waals surface area contributed by atoms with Gasteiger partial charge in [0.05, 0.1) is 21.8 Å². The summed E-state index contributed by atoms with van der Waals surface area (Å²) in [4.78, 5) is 17.9. The molecule has 3 heterocycles. The maximum Gasteiger partial charge on any atom is 0.197 e. The normalized spacial score (nSPS) is 11.2. The molecule has 0 bridgehead atoms. The highest BCUT2D eigenvalue weighted by Gasteiger charge is 2.11. The van der Waals surface area contributed by atoms with Crippen molar-refractivity contribution >= 4 is 34.5 Å². The smallest absolute Gasteiger partial charge is 0.197 e. The first kappa shape index (κ1) is 16.6. The fraction of sp³-hybridized carbons (Fsp3) is 0.0500. The van der Waals surface area contributed by atoms with E-state index < -0.39 is 0 Å². The Hall–Kier alpha value is -2.83. The molecular weight excluding hydrogens is 362 g/mol. The van der Waals surface area contributed by atoms with Crippen LogP contribution in [0.1, 0.15) is 20.8 Å². The fourth-order valence-corrected chi connectivity index (χ4v) is 3.87. The number of thiophene rings is 1. The molecule has 0 aliphatic carbocycles. The molecule has 0 aliphatic rings. The van der Waals surface area contributed by atoms with E-state index >= 15 is 0 Å². The summed E-state index contributed by atoms with van der Waals surface area (Å²) in [6.45, 7) is 0.690. The second kappa shape index (κ2) is 7.59. The highest BCUT2D eigenvalue weighted by atomic mass is 32.1. The molecule has 3 aromatic heterocycles. The van der Waals surface area contributed by atoms with E-state index in [1.165, 1.54) is 16.9 Å². The van der Waals surface area contributed by atoms with E-state index in [9.17, 15) is 4.79 Å². The largest absolute Gasteiger partial charge is 0.288 e. The average Bonchev–Trinajstić information content (AvgIpc) is 3.41. The Morgan fingerprint density at radius 1 is 1.12 bits per heavy atom. The molecule has 4 rings (SSSR count). The molecule has 4 nitrogen and oxygen atoms in total. The lowest BCUT2D eigenvalue weighted by Crippen LogP contribution is -1.99. The average molecular weight is 377 g/mol. The predicted molar refractivity (Wildman–Crippen MR) is 107 cm³/mol. The number of allylic oxidation sites excluding steroid dienone is 1. The molecule has 0 N–H and O–H groups in total. The highest BCUT2D eigenvalue weighted by molar-refractivity contribution is 7.13. The molecular formula is C20H15N3OS2. The van der Waals surface area contributed by atoms with Crippen LogP contribution in [0, 0.1) is 0 Å². The minimum absolute atomic E-state index is 0.0413. The van der Waals surface area contributed by atoms with E-state index in [1.807, 2.05) is 52.7 Å². The summed E-state index contributed by atoms with van der Waals surface area (Å²) in [6, 6.07) is 14.3. The number of nitrogens with zero attached hydrogens (tertiary/aromatic N) is 3. The number of aromatic nitrogens is 3. The van der Waals surface area contributed by atoms with Gasteiger partial charge in [-0.15, -0.1) is 22.7 Å². The molecule has 0 spiro atoms. The monoisotopic (exact) mass is 377 g/mol. The van der Waals surface area contributed by atoms with Crippen molar-refractivity contribution in [3.05, 3.63) is 87.8 Å². The molecule has 0 fully saturated rings. The maximum absolute atomic E-state index is 12.2. The van der Waals surface area contributed by atoms with Gasteiger partial charge >= 0.3 is 0 Å². The standard InChI is InChI=1S/C20H15N3OS2/c24-17(19-11-21-14-26-19)9-8-16-13-23(12-15-5-2-1-3-6-15)22-20(16)18-7-4-10-25-18/h1-11,13-14H,12H2. The first-order chi connectivity index (χ1) is 12.8. The molecule has 26 heavy (non-hydrogen) atoms. The van der Waals surface area contributed by atoms with Crippen molar-refractivity contribution in [2.24, 2.45) is 0 Å². The van der Waals surface area contributed by atoms with Gasteiger partial charge in [0.1, 0.15) is 5.69 Å². The summed E-state index contributed by atoms with van der Waals surface area (Å²) in [5.41, 5.74) is 4.67. The van der Waals surface area contributed by atoms with Crippen molar-refractivity contribution in [1.82, 2.24) is 14.8 Å². The molecule has 128 valence electrons. The maximum atomic E-state index is 12.2. The van der Waals surface area contributed by atoms with Crippen LogP contribution in [0.3, 0.4) is 0 Å². The van der Waals surface area contributed by atoms with Gasteiger partial charge in [-0.05, 0) is 29.2 Å². The third-order valence-electron chi connectivity index (χ3n) is 3.82. The molecule has 0 aliphatic heterocycles. The van der Waals surface area contributed by atoms with Crippen molar-refractivity contribution in [1.29, 1.82) is 0 Å². The van der Waals surface area contributed by atoms with Crippen molar-refractivity contribution in [2.75, 3.05) is 0 Å². The van der Waals surface area contributed by atoms with Gasteiger partial charge in [-0.3, -0.25) is 14.5 Å². The lowest BCUT2D eigenvalue weighted by Gasteiger charge is -2.00. The van der Waals surface area contributed by atoms with E-state index in [1.54, 1.807) is 29.1 Å². The second-order valence-electron chi connectivity index (χ2n) is 5.66. The zero-order valence-electron chi connectivity index (χ0n) is 13.8.